The third-order valence-electron chi connectivity index (χ3n) is 3.31. The number of thiocarbonyl (C=S) groups is 1. The van der Waals surface area contributed by atoms with Crippen molar-refractivity contribution in [2.45, 2.75) is 24.3 Å². The molecule has 0 amide bonds. The van der Waals surface area contributed by atoms with Crippen LogP contribution < -0.4 is 10.0 Å². The third-order valence-corrected chi connectivity index (χ3v) is 5.71. The molecule has 0 aliphatic carbocycles. The second kappa shape index (κ2) is 5.22. The Morgan fingerprint density at radius 1 is 1.32 bits per heavy atom. The van der Waals surface area contributed by atoms with Crippen LogP contribution in [0.3, 0.4) is 0 Å². The highest BCUT2D eigenvalue weighted by molar-refractivity contribution is 7.92. The summed E-state index contributed by atoms with van der Waals surface area (Å²) in [4.78, 5) is 0.255. The van der Waals surface area contributed by atoms with E-state index in [0.717, 1.165) is 11.3 Å². The molecule has 8 heteroatoms. The summed E-state index contributed by atoms with van der Waals surface area (Å²) in [6.07, 6.45) is 0. The normalized spacial score (nSPS) is 16.4. The number of thiophene rings is 1. The highest BCUT2D eigenvalue weighted by Crippen LogP contribution is 2.37. The lowest BCUT2D eigenvalue weighted by Crippen LogP contribution is -2.34. The van der Waals surface area contributed by atoms with Crippen molar-refractivity contribution in [1.82, 2.24) is 0 Å². The monoisotopic (exact) mass is 354 g/mol. The second-order valence-electron chi connectivity index (χ2n) is 5.35. The topological polar surface area (TPSA) is 67.4 Å². The van der Waals surface area contributed by atoms with Gasteiger partial charge in [0.05, 0.1) is 4.90 Å². The van der Waals surface area contributed by atoms with Crippen molar-refractivity contribution in [2.24, 2.45) is 0 Å². The van der Waals surface area contributed by atoms with E-state index in [1.165, 1.54) is 11.3 Å². The Morgan fingerprint density at radius 2 is 2.09 bits per heavy atom. The summed E-state index contributed by atoms with van der Waals surface area (Å²) in [5.41, 5.74) is 1.52. The maximum atomic E-state index is 12.3. The standard InChI is InChI=1S/C14H14N2O3S3/c1-14(2)11-7-9(3-4-12(11)15-13(20)19-14)16-22(17,18)10-5-6-21-8-10/h3-8,16H,1-2H3,(H,15,20). The van der Waals surface area contributed by atoms with Crippen molar-refractivity contribution in [3.63, 3.8) is 0 Å². The van der Waals surface area contributed by atoms with Crippen molar-refractivity contribution >= 4 is 50.1 Å². The van der Waals surface area contributed by atoms with Crippen LogP contribution in [-0.2, 0) is 20.4 Å². The van der Waals surface area contributed by atoms with Crippen LogP contribution in [0, 0.1) is 0 Å². The molecule has 2 aromatic rings. The van der Waals surface area contributed by atoms with E-state index < -0.39 is 15.6 Å². The molecule has 1 aliphatic heterocycles. The zero-order chi connectivity index (χ0) is 16.0. The molecule has 0 saturated heterocycles. The molecule has 2 heterocycles. The Bertz CT molecular complexity index is 827. The number of anilines is 2. The van der Waals surface area contributed by atoms with Gasteiger partial charge in [-0.15, -0.1) is 0 Å². The number of benzene rings is 1. The maximum Gasteiger partial charge on any atom is 0.262 e. The summed E-state index contributed by atoms with van der Waals surface area (Å²) in [7, 11) is -3.57. The van der Waals surface area contributed by atoms with Crippen molar-refractivity contribution in [3.05, 3.63) is 40.6 Å². The molecule has 1 aliphatic rings. The number of rotatable bonds is 3. The van der Waals surface area contributed by atoms with Crippen LogP contribution in [0.5, 0.6) is 0 Å². The molecule has 3 rings (SSSR count). The van der Waals surface area contributed by atoms with Gasteiger partial charge in [-0.3, -0.25) is 4.72 Å². The molecule has 0 spiro atoms. The average Bonchev–Trinajstić information content (AvgIpc) is 2.93. The van der Waals surface area contributed by atoms with Crippen LogP contribution in [0.2, 0.25) is 0 Å². The van der Waals surface area contributed by atoms with Gasteiger partial charge in [-0.2, -0.15) is 11.3 Å². The molecule has 116 valence electrons. The van der Waals surface area contributed by atoms with Gasteiger partial charge in [-0.05, 0) is 55.7 Å². The first-order chi connectivity index (χ1) is 10.3. The fourth-order valence-corrected chi connectivity index (χ4v) is 4.65. The number of hydrogen-bond acceptors (Lipinski definition) is 5. The molecule has 1 aromatic heterocycles. The summed E-state index contributed by atoms with van der Waals surface area (Å²) < 4.78 is 32.7. The predicted molar refractivity (Wildman–Crippen MR) is 91.9 cm³/mol. The zero-order valence-electron chi connectivity index (χ0n) is 11.9. The van der Waals surface area contributed by atoms with Crippen LogP contribution in [0.1, 0.15) is 19.4 Å². The van der Waals surface area contributed by atoms with Gasteiger partial charge in [0.25, 0.3) is 15.2 Å². The molecule has 0 saturated carbocycles. The summed E-state index contributed by atoms with van der Waals surface area (Å²) in [6.45, 7) is 3.77. The number of ether oxygens (including phenoxy) is 1. The van der Waals surface area contributed by atoms with Gasteiger partial charge < -0.3 is 10.1 Å². The van der Waals surface area contributed by atoms with Gasteiger partial charge in [0.1, 0.15) is 5.60 Å². The van der Waals surface area contributed by atoms with Crippen molar-refractivity contribution in [3.8, 4) is 0 Å². The highest BCUT2D eigenvalue weighted by atomic mass is 32.2. The molecular weight excluding hydrogens is 340 g/mol. The van der Waals surface area contributed by atoms with Crippen LogP contribution in [0.15, 0.2) is 39.9 Å². The Kier molecular flexibility index (Phi) is 3.62. The number of fused-ring (bicyclic) bond motifs is 1. The fraction of sp³-hybridized carbons (Fsp3) is 0.214. The molecule has 0 fully saturated rings. The molecular formula is C14H14N2O3S3. The molecule has 0 radical (unpaired) electrons. The molecule has 2 N–H and O–H groups in total. The first kappa shape index (κ1) is 15.3. The maximum absolute atomic E-state index is 12.3. The largest absolute Gasteiger partial charge is 0.460 e. The van der Waals surface area contributed by atoms with Crippen molar-refractivity contribution in [2.75, 3.05) is 10.0 Å². The highest BCUT2D eigenvalue weighted by Gasteiger charge is 2.32. The van der Waals surface area contributed by atoms with E-state index in [1.807, 2.05) is 13.8 Å². The number of nitrogens with one attached hydrogen (secondary N) is 2. The molecule has 0 bridgehead atoms. The van der Waals surface area contributed by atoms with Crippen LogP contribution >= 0.6 is 23.6 Å². The van der Waals surface area contributed by atoms with E-state index in [-0.39, 0.29) is 4.90 Å². The van der Waals surface area contributed by atoms with Gasteiger partial charge in [0, 0.05) is 22.3 Å². The average molecular weight is 354 g/mol. The predicted octanol–water partition coefficient (Wildman–Crippen LogP) is 3.51. The molecule has 0 unspecified atom stereocenters. The smallest absolute Gasteiger partial charge is 0.262 e. The van der Waals surface area contributed by atoms with Gasteiger partial charge in [0.15, 0.2) is 0 Å². The van der Waals surface area contributed by atoms with Crippen molar-refractivity contribution < 1.29 is 13.2 Å². The lowest BCUT2D eigenvalue weighted by molar-refractivity contribution is 0.0948. The van der Waals surface area contributed by atoms with Gasteiger partial charge >= 0.3 is 0 Å². The minimum absolute atomic E-state index is 0.255. The Hall–Kier alpha value is -1.64. The van der Waals surface area contributed by atoms with Gasteiger partial charge in [-0.1, -0.05) is 0 Å². The molecule has 5 nitrogen and oxygen atoms in total. The van der Waals surface area contributed by atoms with Crippen molar-refractivity contribution in [1.29, 1.82) is 0 Å². The Labute approximate surface area is 138 Å². The lowest BCUT2D eigenvalue weighted by atomic mass is 9.94. The summed E-state index contributed by atoms with van der Waals surface area (Å²) >= 11 is 6.40. The minimum atomic E-state index is -3.57. The minimum Gasteiger partial charge on any atom is -0.460 e. The van der Waals surface area contributed by atoms with E-state index in [1.54, 1.807) is 35.0 Å². The molecule has 22 heavy (non-hydrogen) atoms. The third kappa shape index (κ3) is 2.81. The van der Waals surface area contributed by atoms with Crippen LogP contribution in [0.25, 0.3) is 0 Å². The number of hydrogen-bond donors (Lipinski definition) is 2. The first-order valence-electron chi connectivity index (χ1n) is 6.47. The second-order valence-corrected chi connectivity index (χ2v) is 8.18. The van der Waals surface area contributed by atoms with Crippen LogP contribution in [0.4, 0.5) is 11.4 Å². The van der Waals surface area contributed by atoms with E-state index in [2.05, 4.69) is 10.0 Å². The summed E-state index contributed by atoms with van der Waals surface area (Å²) in [5, 5.41) is 6.59. The van der Waals surface area contributed by atoms with E-state index >= 15 is 0 Å². The lowest BCUT2D eigenvalue weighted by Gasteiger charge is -2.34. The Balaban J connectivity index is 1.96. The van der Waals surface area contributed by atoms with E-state index in [0.29, 0.717) is 10.9 Å². The van der Waals surface area contributed by atoms with Gasteiger partial charge in [-0.25, -0.2) is 8.42 Å². The Morgan fingerprint density at radius 3 is 2.77 bits per heavy atom. The first-order valence-corrected chi connectivity index (χ1v) is 9.31. The summed E-state index contributed by atoms with van der Waals surface area (Å²) in [5.74, 6) is 0. The fourth-order valence-electron chi connectivity index (χ4n) is 2.26. The zero-order valence-corrected chi connectivity index (χ0v) is 14.4. The van der Waals surface area contributed by atoms with Crippen LogP contribution in [-0.4, -0.2) is 13.6 Å². The van der Waals surface area contributed by atoms with E-state index in [9.17, 15) is 8.42 Å². The SMILES string of the molecule is CC1(C)OC(=S)Nc2ccc(NS(=O)(=O)c3ccsc3)cc21. The number of sulfonamides is 1. The molecule has 1 aromatic carbocycles. The molecule has 0 atom stereocenters. The van der Waals surface area contributed by atoms with Gasteiger partial charge in [0.2, 0.25) is 0 Å². The quantitative estimate of drug-likeness (QED) is 0.826. The summed E-state index contributed by atoms with van der Waals surface area (Å²) in [6, 6.07) is 6.81. The van der Waals surface area contributed by atoms with E-state index in [4.69, 9.17) is 17.0 Å².